The van der Waals surface area contributed by atoms with Gasteiger partial charge in [-0.05, 0) is 32.2 Å². The van der Waals surface area contributed by atoms with E-state index in [0.717, 1.165) is 22.8 Å². The third-order valence-electron chi connectivity index (χ3n) is 3.56. The molecule has 2 aromatic rings. The van der Waals surface area contributed by atoms with Gasteiger partial charge in [0.25, 0.3) is 0 Å². The van der Waals surface area contributed by atoms with E-state index in [9.17, 15) is 0 Å². The van der Waals surface area contributed by atoms with Crippen LogP contribution in [-0.2, 0) is 6.54 Å². The van der Waals surface area contributed by atoms with E-state index in [1.807, 2.05) is 36.9 Å². The lowest BCUT2D eigenvalue weighted by Crippen LogP contribution is -2.23. The topological polar surface area (TPSA) is 48.3 Å². The van der Waals surface area contributed by atoms with Crippen LogP contribution in [0.3, 0.4) is 0 Å². The average Bonchev–Trinajstić information content (AvgIpc) is 2.83. The highest BCUT2D eigenvalue weighted by molar-refractivity contribution is 6.31. The summed E-state index contributed by atoms with van der Waals surface area (Å²) in [6.45, 7) is 2.60. The maximum atomic E-state index is 6.06. The minimum absolute atomic E-state index is 0.0321. The third kappa shape index (κ3) is 3.31. The lowest BCUT2D eigenvalue weighted by atomic mass is 10.1. The highest BCUT2D eigenvalue weighted by Crippen LogP contribution is 2.30. The molecule has 114 valence electrons. The molecule has 1 unspecified atom stereocenters. The lowest BCUT2D eigenvalue weighted by molar-refractivity contribution is 0.381. The molecule has 2 rings (SSSR count). The monoisotopic (exact) mass is 309 g/mol. The summed E-state index contributed by atoms with van der Waals surface area (Å²) < 4.78 is 12.6. The summed E-state index contributed by atoms with van der Waals surface area (Å²) in [6, 6.07) is 5.79. The Morgan fingerprint density at radius 3 is 2.62 bits per heavy atom. The molecule has 0 amide bonds. The van der Waals surface area contributed by atoms with Crippen LogP contribution in [-0.4, -0.2) is 31.0 Å². The molecule has 5 nitrogen and oxygen atoms in total. The van der Waals surface area contributed by atoms with E-state index in [-0.39, 0.29) is 6.04 Å². The second-order valence-corrected chi connectivity index (χ2v) is 5.12. The smallest absolute Gasteiger partial charge is 0.123 e. The number of methoxy groups -OCH3 is 2. The summed E-state index contributed by atoms with van der Waals surface area (Å²) in [5, 5.41) is 8.26. The summed E-state index contributed by atoms with van der Waals surface area (Å²) in [5.41, 5.74) is 1.96. The zero-order valence-electron chi connectivity index (χ0n) is 12.7. The number of rotatable bonds is 6. The first kappa shape index (κ1) is 15.7. The van der Waals surface area contributed by atoms with Crippen LogP contribution in [0.2, 0.25) is 5.02 Å². The molecule has 0 saturated heterocycles. The molecule has 0 spiro atoms. The molecule has 0 fully saturated rings. The molecule has 0 radical (unpaired) electrons. The molecule has 1 heterocycles. The molecule has 1 aromatic heterocycles. The van der Waals surface area contributed by atoms with E-state index < -0.39 is 0 Å². The van der Waals surface area contributed by atoms with E-state index in [1.165, 1.54) is 0 Å². The van der Waals surface area contributed by atoms with Crippen LogP contribution in [0.4, 0.5) is 0 Å². The summed E-state index contributed by atoms with van der Waals surface area (Å²) >= 11 is 6.06. The van der Waals surface area contributed by atoms with Crippen molar-refractivity contribution in [3.8, 4) is 11.5 Å². The standard InChI is InChI=1S/C15H20ClN3O2/c1-10-13(16)8-18-19(10)9-14(17-2)12-7-11(20-3)5-6-15(12)21-4/h5-8,14,17H,9H2,1-4H3. The fraction of sp³-hybridized carbons (Fsp3) is 0.400. The predicted octanol–water partition coefficient (Wildman–Crippen LogP) is 2.82. The van der Waals surface area contributed by atoms with Gasteiger partial charge in [0.05, 0.1) is 43.7 Å². The van der Waals surface area contributed by atoms with Crippen LogP contribution in [0.1, 0.15) is 17.3 Å². The summed E-state index contributed by atoms with van der Waals surface area (Å²) in [5.74, 6) is 1.60. The molecule has 21 heavy (non-hydrogen) atoms. The van der Waals surface area contributed by atoms with Crippen molar-refractivity contribution < 1.29 is 9.47 Å². The average molecular weight is 310 g/mol. The Bertz CT molecular complexity index is 613. The van der Waals surface area contributed by atoms with Gasteiger partial charge in [0.15, 0.2) is 0 Å². The summed E-state index contributed by atoms with van der Waals surface area (Å²) in [7, 11) is 5.22. The van der Waals surface area contributed by atoms with E-state index in [0.29, 0.717) is 11.6 Å². The zero-order chi connectivity index (χ0) is 15.4. The molecule has 0 saturated carbocycles. The van der Waals surface area contributed by atoms with E-state index in [4.69, 9.17) is 21.1 Å². The molecule has 1 aromatic carbocycles. The molecular weight excluding hydrogens is 290 g/mol. The van der Waals surface area contributed by atoms with Crippen molar-refractivity contribution in [2.45, 2.75) is 19.5 Å². The first-order chi connectivity index (χ1) is 10.1. The highest BCUT2D eigenvalue weighted by Gasteiger charge is 2.18. The molecule has 1 N–H and O–H groups in total. The second-order valence-electron chi connectivity index (χ2n) is 4.71. The fourth-order valence-electron chi connectivity index (χ4n) is 2.24. The van der Waals surface area contributed by atoms with Gasteiger partial charge in [-0.2, -0.15) is 5.10 Å². The van der Waals surface area contributed by atoms with Crippen molar-refractivity contribution in [3.05, 3.63) is 40.7 Å². The number of hydrogen-bond acceptors (Lipinski definition) is 4. The zero-order valence-corrected chi connectivity index (χ0v) is 13.4. The van der Waals surface area contributed by atoms with E-state index >= 15 is 0 Å². The van der Waals surface area contributed by atoms with Crippen LogP contribution in [0.25, 0.3) is 0 Å². The second kappa shape index (κ2) is 6.83. The molecule has 0 aliphatic heterocycles. The Morgan fingerprint density at radius 2 is 2.10 bits per heavy atom. The Kier molecular flexibility index (Phi) is 5.09. The normalized spacial score (nSPS) is 12.2. The van der Waals surface area contributed by atoms with Crippen LogP contribution < -0.4 is 14.8 Å². The fourth-order valence-corrected chi connectivity index (χ4v) is 2.38. The molecule has 1 atom stereocenters. The number of likely N-dealkylation sites (N-methyl/N-ethyl adjacent to an activating group) is 1. The van der Waals surface area contributed by atoms with Gasteiger partial charge in [0, 0.05) is 5.56 Å². The van der Waals surface area contributed by atoms with Crippen molar-refractivity contribution in [3.63, 3.8) is 0 Å². The number of nitrogens with one attached hydrogen (secondary N) is 1. The number of halogens is 1. The Labute approximate surface area is 129 Å². The van der Waals surface area contributed by atoms with Crippen molar-refractivity contribution in [1.29, 1.82) is 0 Å². The number of nitrogens with zero attached hydrogens (tertiary/aromatic N) is 2. The van der Waals surface area contributed by atoms with Gasteiger partial charge in [0.1, 0.15) is 11.5 Å². The van der Waals surface area contributed by atoms with Gasteiger partial charge < -0.3 is 14.8 Å². The Hall–Kier alpha value is -1.72. The number of benzene rings is 1. The van der Waals surface area contributed by atoms with Crippen LogP contribution in [0, 0.1) is 6.92 Å². The first-order valence-electron chi connectivity index (χ1n) is 6.67. The molecular formula is C15H20ClN3O2. The van der Waals surface area contributed by atoms with E-state index in [2.05, 4.69) is 10.4 Å². The quantitative estimate of drug-likeness (QED) is 0.891. The van der Waals surface area contributed by atoms with Gasteiger partial charge in [-0.3, -0.25) is 4.68 Å². The summed E-state index contributed by atoms with van der Waals surface area (Å²) in [6.07, 6.45) is 1.66. The number of hydrogen-bond donors (Lipinski definition) is 1. The number of ether oxygens (including phenoxy) is 2. The molecule has 0 aliphatic carbocycles. The largest absolute Gasteiger partial charge is 0.497 e. The lowest BCUT2D eigenvalue weighted by Gasteiger charge is -2.21. The van der Waals surface area contributed by atoms with Crippen molar-refractivity contribution in [2.24, 2.45) is 0 Å². The maximum Gasteiger partial charge on any atom is 0.123 e. The van der Waals surface area contributed by atoms with Gasteiger partial charge in [0.2, 0.25) is 0 Å². The maximum absolute atomic E-state index is 6.06. The van der Waals surface area contributed by atoms with Gasteiger partial charge in [-0.15, -0.1) is 0 Å². The van der Waals surface area contributed by atoms with Crippen LogP contribution in [0.5, 0.6) is 11.5 Å². The van der Waals surface area contributed by atoms with Crippen molar-refractivity contribution >= 4 is 11.6 Å². The Morgan fingerprint density at radius 1 is 1.33 bits per heavy atom. The highest BCUT2D eigenvalue weighted by atomic mass is 35.5. The Balaban J connectivity index is 2.34. The predicted molar refractivity (Wildman–Crippen MR) is 83.3 cm³/mol. The van der Waals surface area contributed by atoms with E-state index in [1.54, 1.807) is 20.4 Å². The first-order valence-corrected chi connectivity index (χ1v) is 7.05. The van der Waals surface area contributed by atoms with Gasteiger partial charge in [-0.25, -0.2) is 0 Å². The molecule has 6 heteroatoms. The van der Waals surface area contributed by atoms with Crippen molar-refractivity contribution in [2.75, 3.05) is 21.3 Å². The minimum atomic E-state index is 0.0321. The number of aromatic nitrogens is 2. The SMILES string of the molecule is CNC(Cn1ncc(Cl)c1C)c1cc(OC)ccc1OC. The van der Waals surface area contributed by atoms with Gasteiger partial charge >= 0.3 is 0 Å². The molecule has 0 aliphatic rings. The molecule has 0 bridgehead atoms. The minimum Gasteiger partial charge on any atom is -0.497 e. The summed E-state index contributed by atoms with van der Waals surface area (Å²) in [4.78, 5) is 0. The third-order valence-corrected chi connectivity index (χ3v) is 3.93. The van der Waals surface area contributed by atoms with Gasteiger partial charge in [-0.1, -0.05) is 11.6 Å². The van der Waals surface area contributed by atoms with Crippen molar-refractivity contribution in [1.82, 2.24) is 15.1 Å². The van der Waals surface area contributed by atoms with Crippen LogP contribution >= 0.6 is 11.6 Å². The van der Waals surface area contributed by atoms with Crippen LogP contribution in [0.15, 0.2) is 24.4 Å².